The lowest BCUT2D eigenvalue weighted by Gasteiger charge is -2.32. The van der Waals surface area contributed by atoms with Crippen LogP contribution in [0.5, 0.6) is 5.75 Å². The Labute approximate surface area is 168 Å². The molecule has 0 unspecified atom stereocenters. The van der Waals surface area contributed by atoms with E-state index < -0.39 is 10.0 Å². The number of sulfonamides is 1. The molecule has 1 fully saturated rings. The van der Waals surface area contributed by atoms with Gasteiger partial charge in [0.2, 0.25) is 10.0 Å². The van der Waals surface area contributed by atoms with Gasteiger partial charge in [-0.05, 0) is 81.6 Å². The van der Waals surface area contributed by atoms with Crippen LogP contribution >= 0.6 is 0 Å². The number of ether oxygens (including phenoxy) is 1. The standard InChI is InChI=1S/C22H30N2O3S/c1-18-9-10-21(17-19(18)2)27-16-6-13-24-14-11-20(12-15-24)23-28(25,26)22-7-4-3-5-8-22/h3-5,7-10,17,20,23H,6,11-16H2,1-2H3. The molecule has 3 rings (SSSR count). The lowest BCUT2D eigenvalue weighted by atomic mass is 10.1. The van der Waals surface area contributed by atoms with Crippen LogP contribution in [0.4, 0.5) is 0 Å². The minimum absolute atomic E-state index is 0.00763. The van der Waals surface area contributed by atoms with Crippen molar-refractivity contribution in [1.82, 2.24) is 9.62 Å². The number of rotatable bonds is 8. The summed E-state index contributed by atoms with van der Waals surface area (Å²) in [5.41, 5.74) is 2.52. The van der Waals surface area contributed by atoms with Gasteiger partial charge in [0.25, 0.3) is 0 Å². The molecule has 0 radical (unpaired) electrons. The van der Waals surface area contributed by atoms with Gasteiger partial charge in [0.1, 0.15) is 5.75 Å². The molecule has 1 N–H and O–H groups in total. The summed E-state index contributed by atoms with van der Waals surface area (Å²) in [5, 5.41) is 0. The van der Waals surface area contributed by atoms with Crippen molar-refractivity contribution in [3.63, 3.8) is 0 Å². The van der Waals surface area contributed by atoms with Gasteiger partial charge >= 0.3 is 0 Å². The summed E-state index contributed by atoms with van der Waals surface area (Å²) in [4.78, 5) is 2.72. The predicted octanol–water partition coefficient (Wildman–Crippen LogP) is 3.52. The summed E-state index contributed by atoms with van der Waals surface area (Å²) >= 11 is 0. The third kappa shape index (κ3) is 5.80. The van der Waals surface area contributed by atoms with E-state index in [0.717, 1.165) is 44.6 Å². The Kier molecular flexibility index (Phi) is 7.10. The van der Waals surface area contributed by atoms with Crippen LogP contribution in [0.15, 0.2) is 53.4 Å². The molecule has 0 saturated carbocycles. The molecule has 0 aliphatic carbocycles. The molecule has 5 nitrogen and oxygen atoms in total. The van der Waals surface area contributed by atoms with E-state index in [-0.39, 0.29) is 6.04 Å². The summed E-state index contributed by atoms with van der Waals surface area (Å²) in [5.74, 6) is 0.928. The fourth-order valence-corrected chi connectivity index (χ4v) is 4.77. The van der Waals surface area contributed by atoms with E-state index in [9.17, 15) is 8.42 Å². The largest absolute Gasteiger partial charge is 0.494 e. The first-order valence-corrected chi connectivity index (χ1v) is 11.4. The highest BCUT2D eigenvalue weighted by Crippen LogP contribution is 2.17. The smallest absolute Gasteiger partial charge is 0.240 e. The quantitative estimate of drug-likeness (QED) is 0.687. The molecule has 1 aliphatic rings. The average Bonchev–Trinajstić information content (AvgIpc) is 2.69. The topological polar surface area (TPSA) is 58.6 Å². The molecule has 6 heteroatoms. The van der Waals surface area contributed by atoms with E-state index in [4.69, 9.17) is 4.74 Å². The van der Waals surface area contributed by atoms with Gasteiger partial charge in [0, 0.05) is 12.6 Å². The second kappa shape index (κ2) is 9.54. The van der Waals surface area contributed by atoms with Crippen LogP contribution in [-0.2, 0) is 10.0 Å². The van der Waals surface area contributed by atoms with Crippen molar-refractivity contribution < 1.29 is 13.2 Å². The fourth-order valence-electron chi connectivity index (χ4n) is 3.44. The molecule has 28 heavy (non-hydrogen) atoms. The van der Waals surface area contributed by atoms with E-state index in [1.54, 1.807) is 24.3 Å². The van der Waals surface area contributed by atoms with Gasteiger partial charge in [-0.1, -0.05) is 24.3 Å². The van der Waals surface area contributed by atoms with E-state index >= 15 is 0 Å². The van der Waals surface area contributed by atoms with Crippen LogP contribution in [0.25, 0.3) is 0 Å². The zero-order valence-corrected chi connectivity index (χ0v) is 17.5. The third-order valence-corrected chi connectivity index (χ3v) is 6.87. The minimum Gasteiger partial charge on any atom is -0.494 e. The average molecular weight is 403 g/mol. The van der Waals surface area contributed by atoms with Gasteiger partial charge in [-0.15, -0.1) is 0 Å². The Hall–Kier alpha value is -1.89. The molecule has 0 bridgehead atoms. The molecule has 1 heterocycles. The number of piperidine rings is 1. The van der Waals surface area contributed by atoms with E-state index in [2.05, 4.69) is 35.6 Å². The number of likely N-dealkylation sites (tertiary alicyclic amines) is 1. The Balaban J connectivity index is 1.37. The van der Waals surface area contributed by atoms with E-state index in [1.807, 2.05) is 12.1 Å². The lowest BCUT2D eigenvalue weighted by molar-refractivity contribution is 0.189. The second-order valence-electron chi connectivity index (χ2n) is 7.50. The highest BCUT2D eigenvalue weighted by molar-refractivity contribution is 7.89. The number of hydrogen-bond acceptors (Lipinski definition) is 4. The summed E-state index contributed by atoms with van der Waals surface area (Å²) in [6.07, 6.45) is 2.64. The van der Waals surface area contributed by atoms with Crippen molar-refractivity contribution in [1.29, 1.82) is 0 Å². The number of aryl methyl sites for hydroxylation is 2. The number of benzene rings is 2. The monoisotopic (exact) mass is 402 g/mol. The first-order chi connectivity index (χ1) is 13.4. The van der Waals surface area contributed by atoms with Crippen LogP contribution in [0, 0.1) is 13.8 Å². The van der Waals surface area contributed by atoms with Crippen molar-refractivity contribution >= 4 is 10.0 Å². The third-order valence-electron chi connectivity index (χ3n) is 5.33. The van der Waals surface area contributed by atoms with Gasteiger partial charge in [-0.2, -0.15) is 0 Å². The number of nitrogens with one attached hydrogen (secondary N) is 1. The summed E-state index contributed by atoms with van der Waals surface area (Å²) in [7, 11) is -3.42. The van der Waals surface area contributed by atoms with Gasteiger partial charge < -0.3 is 9.64 Å². The Bertz CT molecular complexity index is 861. The van der Waals surface area contributed by atoms with E-state index in [1.165, 1.54) is 11.1 Å². The van der Waals surface area contributed by atoms with Crippen LogP contribution in [0.2, 0.25) is 0 Å². The van der Waals surface area contributed by atoms with Gasteiger partial charge in [0.05, 0.1) is 11.5 Å². The second-order valence-corrected chi connectivity index (χ2v) is 9.21. The van der Waals surface area contributed by atoms with Crippen LogP contribution in [0.1, 0.15) is 30.4 Å². The number of hydrogen-bond donors (Lipinski definition) is 1. The molecule has 0 aromatic heterocycles. The summed E-state index contributed by atoms with van der Waals surface area (Å²) < 4.78 is 33.6. The van der Waals surface area contributed by atoms with Gasteiger partial charge in [0.15, 0.2) is 0 Å². The lowest BCUT2D eigenvalue weighted by Crippen LogP contribution is -2.44. The Morgan fingerprint density at radius 1 is 1.04 bits per heavy atom. The van der Waals surface area contributed by atoms with Crippen molar-refractivity contribution in [3.8, 4) is 5.75 Å². The fraction of sp³-hybridized carbons (Fsp3) is 0.455. The van der Waals surface area contributed by atoms with E-state index in [0.29, 0.717) is 11.5 Å². The van der Waals surface area contributed by atoms with Crippen molar-refractivity contribution in [2.45, 2.75) is 44.0 Å². The first kappa shape index (κ1) is 20.8. The molecule has 0 spiro atoms. The maximum absolute atomic E-state index is 12.4. The molecule has 2 aromatic rings. The molecular weight excluding hydrogens is 372 g/mol. The highest BCUT2D eigenvalue weighted by Gasteiger charge is 2.24. The van der Waals surface area contributed by atoms with Crippen molar-refractivity contribution in [2.75, 3.05) is 26.2 Å². The maximum Gasteiger partial charge on any atom is 0.240 e. The zero-order valence-electron chi connectivity index (χ0n) is 16.7. The summed E-state index contributed by atoms with van der Waals surface area (Å²) in [6.45, 7) is 7.68. The van der Waals surface area contributed by atoms with Crippen LogP contribution in [-0.4, -0.2) is 45.6 Å². The van der Waals surface area contributed by atoms with Crippen molar-refractivity contribution in [3.05, 3.63) is 59.7 Å². The Morgan fingerprint density at radius 3 is 2.43 bits per heavy atom. The molecule has 0 atom stereocenters. The zero-order chi connectivity index (χ0) is 20.0. The molecule has 152 valence electrons. The van der Waals surface area contributed by atoms with Crippen molar-refractivity contribution in [2.24, 2.45) is 0 Å². The normalized spacial score (nSPS) is 16.2. The maximum atomic E-state index is 12.4. The number of nitrogens with zero attached hydrogens (tertiary/aromatic N) is 1. The molecule has 1 saturated heterocycles. The first-order valence-electron chi connectivity index (χ1n) is 9.94. The van der Waals surface area contributed by atoms with Crippen LogP contribution in [0.3, 0.4) is 0 Å². The van der Waals surface area contributed by atoms with Crippen LogP contribution < -0.4 is 9.46 Å². The predicted molar refractivity (Wildman–Crippen MR) is 112 cm³/mol. The molecular formula is C22H30N2O3S. The molecule has 2 aromatic carbocycles. The molecule has 0 amide bonds. The summed E-state index contributed by atoms with van der Waals surface area (Å²) in [6, 6.07) is 14.8. The SMILES string of the molecule is Cc1ccc(OCCCN2CCC(NS(=O)(=O)c3ccccc3)CC2)cc1C. The Morgan fingerprint density at radius 2 is 1.75 bits per heavy atom. The van der Waals surface area contributed by atoms with Gasteiger partial charge in [-0.3, -0.25) is 0 Å². The molecule has 1 aliphatic heterocycles. The van der Waals surface area contributed by atoms with Gasteiger partial charge in [-0.25, -0.2) is 13.1 Å². The highest BCUT2D eigenvalue weighted by atomic mass is 32.2. The minimum atomic E-state index is -3.42.